The minimum Gasteiger partial charge on any atom is -0.508 e. The van der Waals surface area contributed by atoms with Crippen molar-refractivity contribution in [3.05, 3.63) is 53.6 Å². The van der Waals surface area contributed by atoms with Crippen molar-refractivity contribution in [2.75, 3.05) is 20.8 Å². The molecule has 2 aromatic rings. The van der Waals surface area contributed by atoms with Crippen molar-refractivity contribution in [1.29, 1.82) is 0 Å². The van der Waals surface area contributed by atoms with Gasteiger partial charge in [-0.15, -0.1) is 0 Å². The van der Waals surface area contributed by atoms with Crippen molar-refractivity contribution < 1.29 is 19.9 Å². The number of rotatable bonds is 7. The van der Waals surface area contributed by atoms with Crippen LogP contribution in [-0.4, -0.2) is 25.9 Å². The molecule has 1 fully saturated rings. The Balaban J connectivity index is 1.74. The topological polar surface area (TPSA) is 55.3 Å². The van der Waals surface area contributed by atoms with Crippen molar-refractivity contribution in [2.24, 2.45) is 0 Å². The average Bonchev–Trinajstić information content (AvgIpc) is 3.13. The second kappa shape index (κ2) is 7.79. The first-order valence-electron chi connectivity index (χ1n) is 8.99. The second-order valence-electron chi connectivity index (χ2n) is 6.92. The summed E-state index contributed by atoms with van der Waals surface area (Å²) in [4.78, 5) is 0. The van der Waals surface area contributed by atoms with Crippen molar-refractivity contribution in [2.45, 2.75) is 37.6 Å². The van der Waals surface area contributed by atoms with Gasteiger partial charge in [0.2, 0.25) is 0 Å². The van der Waals surface area contributed by atoms with Gasteiger partial charge in [0.15, 0.2) is 11.5 Å². The summed E-state index contributed by atoms with van der Waals surface area (Å²) in [6.45, 7) is 1.98. The van der Waals surface area contributed by atoms with Crippen molar-refractivity contribution >= 4 is 0 Å². The Morgan fingerprint density at radius 2 is 1.64 bits per heavy atom. The standard InChI is InChI=1S/C21H27NO3/c1-24-19-10-7-17(13-20(19)25-2)21(11-3-4-12-21)15-22-14-16-5-8-18(23)9-6-16/h5-10,13,22-23H,3-4,11-12,14-15H2,1-2H3/p+1. The lowest BCUT2D eigenvalue weighted by Gasteiger charge is -2.28. The number of ether oxygens (including phenoxy) is 2. The molecule has 2 aromatic carbocycles. The van der Waals surface area contributed by atoms with Crippen LogP contribution in [0.25, 0.3) is 0 Å². The van der Waals surface area contributed by atoms with E-state index in [1.54, 1.807) is 26.4 Å². The van der Waals surface area contributed by atoms with E-state index in [0.717, 1.165) is 24.6 Å². The van der Waals surface area contributed by atoms with Crippen LogP contribution in [0.2, 0.25) is 0 Å². The molecule has 4 heteroatoms. The first-order chi connectivity index (χ1) is 12.2. The summed E-state index contributed by atoms with van der Waals surface area (Å²) in [5.74, 6) is 1.92. The van der Waals surface area contributed by atoms with E-state index >= 15 is 0 Å². The number of hydrogen-bond donors (Lipinski definition) is 2. The van der Waals surface area contributed by atoms with Gasteiger partial charge >= 0.3 is 0 Å². The lowest BCUT2D eigenvalue weighted by molar-refractivity contribution is -0.677. The van der Waals surface area contributed by atoms with E-state index in [9.17, 15) is 5.11 Å². The lowest BCUT2D eigenvalue weighted by atomic mass is 9.78. The number of quaternary nitrogens is 1. The predicted molar refractivity (Wildman–Crippen MR) is 98.3 cm³/mol. The number of hydrogen-bond acceptors (Lipinski definition) is 3. The second-order valence-corrected chi connectivity index (χ2v) is 6.92. The summed E-state index contributed by atoms with van der Waals surface area (Å²) in [5, 5.41) is 11.8. The van der Waals surface area contributed by atoms with Gasteiger partial charge in [-0.3, -0.25) is 0 Å². The lowest BCUT2D eigenvalue weighted by Crippen LogP contribution is -2.86. The van der Waals surface area contributed by atoms with Crippen LogP contribution in [0.4, 0.5) is 0 Å². The molecule has 3 N–H and O–H groups in total. The molecule has 0 aliphatic heterocycles. The smallest absolute Gasteiger partial charge is 0.161 e. The highest BCUT2D eigenvalue weighted by molar-refractivity contribution is 5.45. The Bertz CT molecular complexity index is 691. The van der Waals surface area contributed by atoms with E-state index < -0.39 is 0 Å². The minimum atomic E-state index is 0.205. The van der Waals surface area contributed by atoms with Crippen LogP contribution in [0, 0.1) is 0 Å². The third kappa shape index (κ3) is 3.90. The maximum atomic E-state index is 9.40. The molecule has 4 nitrogen and oxygen atoms in total. The molecule has 1 aliphatic rings. The van der Waals surface area contributed by atoms with Crippen LogP contribution in [0.15, 0.2) is 42.5 Å². The fourth-order valence-electron chi connectivity index (χ4n) is 3.98. The largest absolute Gasteiger partial charge is 0.508 e. The average molecular weight is 342 g/mol. The van der Waals surface area contributed by atoms with Gasteiger partial charge < -0.3 is 19.9 Å². The number of phenols is 1. The van der Waals surface area contributed by atoms with Crippen molar-refractivity contribution in [3.8, 4) is 17.2 Å². The number of methoxy groups -OCH3 is 2. The monoisotopic (exact) mass is 342 g/mol. The number of aromatic hydroxyl groups is 1. The summed E-state index contributed by atoms with van der Waals surface area (Å²) in [6, 6.07) is 13.9. The number of benzene rings is 2. The van der Waals surface area contributed by atoms with Crippen LogP contribution >= 0.6 is 0 Å². The van der Waals surface area contributed by atoms with Crippen LogP contribution < -0.4 is 14.8 Å². The zero-order valence-corrected chi connectivity index (χ0v) is 15.1. The summed E-state index contributed by atoms with van der Waals surface area (Å²) in [7, 11) is 3.37. The molecule has 0 bridgehead atoms. The van der Waals surface area contributed by atoms with Crippen LogP contribution in [0.5, 0.6) is 17.2 Å². The third-order valence-corrected chi connectivity index (χ3v) is 5.41. The molecule has 0 atom stereocenters. The Morgan fingerprint density at radius 3 is 2.28 bits per heavy atom. The van der Waals surface area contributed by atoms with Crippen LogP contribution in [-0.2, 0) is 12.0 Å². The van der Waals surface area contributed by atoms with Gasteiger partial charge in [-0.05, 0) is 54.8 Å². The molecule has 0 unspecified atom stereocenters. The maximum Gasteiger partial charge on any atom is 0.161 e. The number of nitrogens with two attached hydrogens (primary N) is 1. The van der Waals surface area contributed by atoms with Gasteiger partial charge in [-0.25, -0.2) is 0 Å². The molecule has 134 valence electrons. The Hall–Kier alpha value is -2.20. The van der Waals surface area contributed by atoms with E-state index in [0.29, 0.717) is 5.75 Å². The van der Waals surface area contributed by atoms with E-state index in [2.05, 4.69) is 17.4 Å². The van der Waals surface area contributed by atoms with Gasteiger partial charge in [0.1, 0.15) is 12.3 Å². The summed E-state index contributed by atoms with van der Waals surface area (Å²) < 4.78 is 10.9. The predicted octanol–water partition coefficient (Wildman–Crippen LogP) is 2.98. The summed E-state index contributed by atoms with van der Waals surface area (Å²) in [6.07, 6.45) is 4.99. The fourth-order valence-corrected chi connectivity index (χ4v) is 3.98. The van der Waals surface area contributed by atoms with Gasteiger partial charge in [-0.2, -0.15) is 0 Å². The maximum absolute atomic E-state index is 9.40. The highest BCUT2D eigenvalue weighted by Gasteiger charge is 2.37. The van der Waals surface area contributed by atoms with Gasteiger partial charge in [-0.1, -0.05) is 18.9 Å². The molecule has 0 radical (unpaired) electrons. The van der Waals surface area contributed by atoms with Crippen molar-refractivity contribution in [1.82, 2.24) is 0 Å². The Labute approximate surface area is 149 Å². The quantitative estimate of drug-likeness (QED) is 0.813. The van der Waals surface area contributed by atoms with Crippen LogP contribution in [0.3, 0.4) is 0 Å². The van der Waals surface area contributed by atoms with E-state index in [1.165, 1.54) is 36.8 Å². The molecule has 0 amide bonds. The SMILES string of the molecule is COc1ccc(C2(C[NH2+]Cc3ccc(O)cc3)CCCC2)cc1OC. The third-order valence-electron chi connectivity index (χ3n) is 5.41. The summed E-state index contributed by atoms with van der Waals surface area (Å²) in [5.41, 5.74) is 2.79. The van der Waals surface area contributed by atoms with Gasteiger partial charge in [0, 0.05) is 11.0 Å². The highest BCUT2D eigenvalue weighted by atomic mass is 16.5. The first kappa shape index (κ1) is 17.6. The molecule has 1 saturated carbocycles. The van der Waals surface area contributed by atoms with E-state index in [1.807, 2.05) is 18.2 Å². The van der Waals surface area contributed by atoms with E-state index in [4.69, 9.17) is 9.47 Å². The normalized spacial score (nSPS) is 15.9. The summed E-state index contributed by atoms with van der Waals surface area (Å²) >= 11 is 0. The molecule has 1 aliphatic carbocycles. The van der Waals surface area contributed by atoms with Crippen molar-refractivity contribution in [3.63, 3.8) is 0 Å². The number of phenolic OH excluding ortho intramolecular Hbond substituents is 1. The van der Waals surface area contributed by atoms with Gasteiger partial charge in [0.25, 0.3) is 0 Å². The molecule has 0 heterocycles. The molecule has 0 spiro atoms. The Kier molecular flexibility index (Phi) is 5.49. The fraction of sp³-hybridized carbons (Fsp3) is 0.429. The molecular formula is C21H28NO3+. The van der Waals surface area contributed by atoms with E-state index in [-0.39, 0.29) is 5.41 Å². The Morgan fingerprint density at radius 1 is 0.960 bits per heavy atom. The molecule has 0 aromatic heterocycles. The molecular weight excluding hydrogens is 314 g/mol. The van der Waals surface area contributed by atoms with Crippen LogP contribution in [0.1, 0.15) is 36.8 Å². The highest BCUT2D eigenvalue weighted by Crippen LogP contribution is 2.42. The zero-order chi connectivity index (χ0) is 17.7. The molecule has 0 saturated heterocycles. The minimum absolute atomic E-state index is 0.205. The van der Waals surface area contributed by atoms with Gasteiger partial charge in [0.05, 0.1) is 20.8 Å². The first-order valence-corrected chi connectivity index (χ1v) is 8.99. The zero-order valence-electron chi connectivity index (χ0n) is 15.1. The molecule has 3 rings (SSSR count). The molecule has 25 heavy (non-hydrogen) atoms.